The van der Waals surface area contributed by atoms with Crippen molar-refractivity contribution in [1.29, 1.82) is 0 Å². The molecule has 0 bridgehead atoms. The van der Waals surface area contributed by atoms with Crippen LogP contribution in [0.1, 0.15) is 18.5 Å². The Morgan fingerprint density at radius 2 is 2.00 bits per heavy atom. The van der Waals surface area contributed by atoms with Crippen molar-refractivity contribution in [3.05, 3.63) is 23.9 Å². The molecule has 2 rings (SSSR count). The zero-order valence-corrected chi connectivity index (χ0v) is 11.6. The van der Waals surface area contributed by atoms with Crippen LogP contribution in [0.25, 0.3) is 0 Å². The average molecular weight is 279 g/mol. The number of halogens is 2. The molecule has 1 aromatic heterocycles. The first-order valence-electron chi connectivity index (χ1n) is 5.62. The topological polar surface area (TPSA) is 34.1 Å². The minimum atomic E-state index is 0. The third-order valence-corrected chi connectivity index (χ3v) is 2.79. The highest BCUT2D eigenvalue weighted by Crippen LogP contribution is 2.14. The second kappa shape index (κ2) is 8.56. The van der Waals surface area contributed by atoms with Gasteiger partial charge in [0.05, 0.1) is 6.61 Å². The lowest BCUT2D eigenvalue weighted by molar-refractivity contribution is 0.208. The molecule has 0 saturated carbocycles. The molecule has 0 atom stereocenters. The first-order chi connectivity index (χ1) is 7.34. The van der Waals surface area contributed by atoms with Crippen LogP contribution in [0.5, 0.6) is 5.88 Å². The number of aryl methyl sites for hydroxylation is 1. The zero-order valence-electron chi connectivity index (χ0n) is 10.0. The zero-order chi connectivity index (χ0) is 10.5. The van der Waals surface area contributed by atoms with E-state index in [1.165, 1.54) is 12.8 Å². The molecule has 0 unspecified atom stereocenters. The van der Waals surface area contributed by atoms with E-state index in [4.69, 9.17) is 4.74 Å². The molecule has 2 heterocycles. The van der Waals surface area contributed by atoms with Crippen LogP contribution in [-0.4, -0.2) is 24.7 Å². The van der Waals surface area contributed by atoms with Gasteiger partial charge in [0.25, 0.3) is 0 Å². The Bertz CT molecular complexity index is 317. The lowest BCUT2D eigenvalue weighted by atomic mass is 9.99. The summed E-state index contributed by atoms with van der Waals surface area (Å²) in [5.41, 5.74) is 1.01. The van der Waals surface area contributed by atoms with Crippen molar-refractivity contribution in [1.82, 2.24) is 10.3 Å². The minimum Gasteiger partial charge on any atom is -0.477 e. The van der Waals surface area contributed by atoms with Crippen molar-refractivity contribution in [2.45, 2.75) is 19.8 Å². The van der Waals surface area contributed by atoms with E-state index in [-0.39, 0.29) is 24.8 Å². The predicted molar refractivity (Wildman–Crippen MR) is 74.6 cm³/mol. The Kier molecular flexibility index (Phi) is 8.30. The van der Waals surface area contributed by atoms with Crippen LogP contribution in [0.2, 0.25) is 0 Å². The van der Waals surface area contributed by atoms with Crippen molar-refractivity contribution in [2.75, 3.05) is 19.7 Å². The minimum absolute atomic E-state index is 0. The molecule has 1 aliphatic rings. The quantitative estimate of drug-likeness (QED) is 0.923. The van der Waals surface area contributed by atoms with Gasteiger partial charge in [-0.3, -0.25) is 0 Å². The molecular formula is C12H20Cl2N2O. The Labute approximate surface area is 115 Å². The molecular weight excluding hydrogens is 259 g/mol. The van der Waals surface area contributed by atoms with Crippen LogP contribution < -0.4 is 10.1 Å². The van der Waals surface area contributed by atoms with E-state index in [2.05, 4.69) is 10.3 Å². The molecule has 5 heteroatoms. The molecule has 0 spiro atoms. The van der Waals surface area contributed by atoms with E-state index in [1.54, 1.807) is 0 Å². The number of ether oxygens (including phenoxy) is 1. The molecule has 0 radical (unpaired) electrons. The molecule has 0 aliphatic carbocycles. The molecule has 17 heavy (non-hydrogen) atoms. The van der Waals surface area contributed by atoms with Crippen LogP contribution in [0.4, 0.5) is 0 Å². The van der Waals surface area contributed by atoms with Gasteiger partial charge in [0.1, 0.15) is 0 Å². The molecule has 1 N–H and O–H groups in total. The molecule has 0 amide bonds. The van der Waals surface area contributed by atoms with E-state index >= 15 is 0 Å². The maximum absolute atomic E-state index is 5.69. The summed E-state index contributed by atoms with van der Waals surface area (Å²) >= 11 is 0. The smallest absolute Gasteiger partial charge is 0.213 e. The van der Waals surface area contributed by atoms with Gasteiger partial charge in [-0.15, -0.1) is 24.8 Å². The lowest BCUT2D eigenvalue weighted by Gasteiger charge is -2.22. The standard InChI is InChI=1S/C12H18N2O.2ClH/c1-10-3-2-4-12(14-10)15-9-11-5-7-13-8-6-11;;/h2-4,11,13H,5-9H2,1H3;2*1H. The van der Waals surface area contributed by atoms with E-state index < -0.39 is 0 Å². The monoisotopic (exact) mass is 278 g/mol. The highest BCUT2D eigenvalue weighted by atomic mass is 35.5. The predicted octanol–water partition coefficient (Wildman–Crippen LogP) is 2.61. The van der Waals surface area contributed by atoms with E-state index in [9.17, 15) is 0 Å². The Morgan fingerprint density at radius 1 is 1.29 bits per heavy atom. The van der Waals surface area contributed by atoms with Crippen LogP contribution >= 0.6 is 24.8 Å². The van der Waals surface area contributed by atoms with Crippen LogP contribution in [0.15, 0.2) is 18.2 Å². The summed E-state index contributed by atoms with van der Waals surface area (Å²) in [6.07, 6.45) is 2.43. The third-order valence-electron chi connectivity index (χ3n) is 2.79. The second-order valence-electron chi connectivity index (χ2n) is 4.12. The van der Waals surface area contributed by atoms with Crippen LogP contribution in [0.3, 0.4) is 0 Å². The molecule has 1 saturated heterocycles. The molecule has 1 fully saturated rings. The fraction of sp³-hybridized carbons (Fsp3) is 0.583. The first kappa shape index (κ1) is 16.5. The molecule has 1 aliphatic heterocycles. The second-order valence-corrected chi connectivity index (χ2v) is 4.12. The number of nitrogens with zero attached hydrogens (tertiary/aromatic N) is 1. The van der Waals surface area contributed by atoms with E-state index in [1.807, 2.05) is 25.1 Å². The van der Waals surface area contributed by atoms with Gasteiger partial charge < -0.3 is 10.1 Å². The number of piperidine rings is 1. The Hall–Kier alpha value is -0.510. The maximum atomic E-state index is 5.69. The van der Waals surface area contributed by atoms with Crippen molar-refractivity contribution in [3.63, 3.8) is 0 Å². The third kappa shape index (κ3) is 5.57. The van der Waals surface area contributed by atoms with Gasteiger partial charge >= 0.3 is 0 Å². The fourth-order valence-corrected chi connectivity index (χ4v) is 1.85. The van der Waals surface area contributed by atoms with E-state index in [0.29, 0.717) is 5.92 Å². The first-order valence-corrected chi connectivity index (χ1v) is 5.62. The fourth-order valence-electron chi connectivity index (χ4n) is 1.85. The number of hydrogen-bond acceptors (Lipinski definition) is 3. The summed E-state index contributed by atoms with van der Waals surface area (Å²) in [5.74, 6) is 1.45. The number of rotatable bonds is 3. The van der Waals surface area contributed by atoms with Gasteiger partial charge in [-0.1, -0.05) is 6.07 Å². The summed E-state index contributed by atoms with van der Waals surface area (Å²) in [7, 11) is 0. The number of aromatic nitrogens is 1. The summed E-state index contributed by atoms with van der Waals surface area (Å²) in [4.78, 5) is 4.32. The number of pyridine rings is 1. The molecule has 0 aromatic carbocycles. The summed E-state index contributed by atoms with van der Waals surface area (Å²) in [6.45, 7) is 5.03. The van der Waals surface area contributed by atoms with Crippen molar-refractivity contribution in [2.24, 2.45) is 5.92 Å². The molecule has 98 valence electrons. The van der Waals surface area contributed by atoms with Gasteiger partial charge in [0.15, 0.2) is 0 Å². The maximum Gasteiger partial charge on any atom is 0.213 e. The van der Waals surface area contributed by atoms with Crippen molar-refractivity contribution < 1.29 is 4.74 Å². The number of hydrogen-bond donors (Lipinski definition) is 1. The van der Waals surface area contributed by atoms with Crippen LogP contribution in [0, 0.1) is 12.8 Å². The largest absolute Gasteiger partial charge is 0.477 e. The van der Waals surface area contributed by atoms with Gasteiger partial charge in [0, 0.05) is 11.8 Å². The van der Waals surface area contributed by atoms with Gasteiger partial charge in [0.2, 0.25) is 5.88 Å². The van der Waals surface area contributed by atoms with Crippen molar-refractivity contribution in [3.8, 4) is 5.88 Å². The Balaban J connectivity index is 0.00000128. The SMILES string of the molecule is Cc1cccc(OCC2CCNCC2)n1.Cl.Cl. The normalized spacial score (nSPS) is 15.6. The van der Waals surface area contributed by atoms with Gasteiger partial charge in [-0.25, -0.2) is 4.98 Å². The van der Waals surface area contributed by atoms with Gasteiger partial charge in [-0.05, 0) is 44.8 Å². The van der Waals surface area contributed by atoms with E-state index in [0.717, 1.165) is 31.3 Å². The number of nitrogens with one attached hydrogen (secondary N) is 1. The summed E-state index contributed by atoms with van der Waals surface area (Å²) in [6, 6.07) is 5.89. The average Bonchev–Trinajstić information content (AvgIpc) is 2.28. The van der Waals surface area contributed by atoms with Gasteiger partial charge in [-0.2, -0.15) is 0 Å². The molecule has 1 aromatic rings. The highest BCUT2D eigenvalue weighted by Gasteiger charge is 2.13. The van der Waals surface area contributed by atoms with Crippen molar-refractivity contribution >= 4 is 24.8 Å². The summed E-state index contributed by atoms with van der Waals surface area (Å²) < 4.78 is 5.69. The molecule has 3 nitrogen and oxygen atoms in total. The Morgan fingerprint density at radius 3 is 2.65 bits per heavy atom. The highest BCUT2D eigenvalue weighted by molar-refractivity contribution is 5.85. The summed E-state index contributed by atoms with van der Waals surface area (Å²) in [5, 5.41) is 3.35. The lowest BCUT2D eigenvalue weighted by Crippen LogP contribution is -2.30. The van der Waals surface area contributed by atoms with Crippen LogP contribution in [-0.2, 0) is 0 Å².